The van der Waals surface area contributed by atoms with Crippen molar-refractivity contribution in [1.82, 2.24) is 5.32 Å². The number of carbonyl (C=O) groups excluding carboxylic acids is 2. The van der Waals surface area contributed by atoms with Crippen LogP contribution in [0.2, 0.25) is 0 Å². The van der Waals surface area contributed by atoms with Gasteiger partial charge in [-0.3, -0.25) is 4.79 Å². The van der Waals surface area contributed by atoms with Gasteiger partial charge in [0, 0.05) is 17.9 Å². The van der Waals surface area contributed by atoms with Gasteiger partial charge in [-0.1, -0.05) is 55.0 Å². The van der Waals surface area contributed by atoms with Gasteiger partial charge in [-0.2, -0.15) is 0 Å². The van der Waals surface area contributed by atoms with E-state index < -0.39 is 6.09 Å². The Balaban J connectivity index is 1.25. The van der Waals surface area contributed by atoms with Crippen molar-refractivity contribution in [1.29, 1.82) is 0 Å². The quantitative estimate of drug-likeness (QED) is 0.682. The van der Waals surface area contributed by atoms with Crippen molar-refractivity contribution in [3.05, 3.63) is 59.7 Å². The Kier molecular flexibility index (Phi) is 5.07. The van der Waals surface area contributed by atoms with Crippen LogP contribution in [0.3, 0.4) is 0 Å². The number of rotatable bonds is 8. The monoisotopic (exact) mass is 378 g/mol. The lowest BCUT2D eigenvalue weighted by Crippen LogP contribution is -2.28. The molecule has 0 saturated heterocycles. The van der Waals surface area contributed by atoms with E-state index in [1.54, 1.807) is 0 Å². The van der Waals surface area contributed by atoms with Gasteiger partial charge in [-0.15, -0.1) is 0 Å². The molecule has 3 N–H and O–H groups in total. The Morgan fingerprint density at radius 3 is 2.18 bits per heavy atom. The molecule has 2 aliphatic rings. The summed E-state index contributed by atoms with van der Waals surface area (Å²) < 4.78 is 5.51. The summed E-state index contributed by atoms with van der Waals surface area (Å²) in [5, 5.41) is 2.81. The molecule has 0 heterocycles. The number of amides is 2. The van der Waals surface area contributed by atoms with Crippen LogP contribution in [-0.2, 0) is 9.53 Å². The molecule has 0 unspecified atom stereocenters. The van der Waals surface area contributed by atoms with Crippen molar-refractivity contribution in [2.24, 2.45) is 11.1 Å². The molecular formula is C23H26N2O3. The second-order valence-electron chi connectivity index (χ2n) is 7.85. The maximum Gasteiger partial charge on any atom is 0.407 e. The van der Waals surface area contributed by atoms with Crippen molar-refractivity contribution >= 4 is 12.0 Å². The Morgan fingerprint density at radius 1 is 1.00 bits per heavy atom. The first-order valence-corrected chi connectivity index (χ1v) is 9.99. The molecule has 1 fully saturated rings. The number of nitrogens with one attached hydrogen (secondary N) is 1. The third-order valence-corrected chi connectivity index (χ3v) is 6.07. The highest BCUT2D eigenvalue weighted by atomic mass is 16.5. The van der Waals surface area contributed by atoms with E-state index in [4.69, 9.17) is 10.5 Å². The van der Waals surface area contributed by atoms with E-state index in [9.17, 15) is 9.59 Å². The van der Waals surface area contributed by atoms with Gasteiger partial charge in [0.15, 0.2) is 0 Å². The molecule has 0 spiro atoms. The molecular weight excluding hydrogens is 352 g/mol. The molecule has 2 aliphatic carbocycles. The Hall–Kier alpha value is -2.82. The van der Waals surface area contributed by atoms with Crippen LogP contribution in [0.4, 0.5) is 4.79 Å². The maximum atomic E-state index is 12.1. The summed E-state index contributed by atoms with van der Waals surface area (Å²) in [7, 11) is 0. The SMILES string of the molecule is NC(=O)C1(CCCCNC(=O)OCC2c3ccccc3-c3ccccc32)CC1. The molecule has 146 valence electrons. The fraction of sp³-hybridized carbons (Fsp3) is 0.391. The number of ether oxygens (including phenoxy) is 1. The van der Waals surface area contributed by atoms with Gasteiger partial charge in [-0.05, 0) is 47.9 Å². The zero-order valence-corrected chi connectivity index (χ0v) is 15.9. The Morgan fingerprint density at radius 2 is 1.61 bits per heavy atom. The molecule has 0 aliphatic heterocycles. The number of hydrogen-bond acceptors (Lipinski definition) is 3. The normalized spacial score (nSPS) is 16.1. The van der Waals surface area contributed by atoms with Gasteiger partial charge in [0.25, 0.3) is 0 Å². The van der Waals surface area contributed by atoms with Gasteiger partial charge in [0.1, 0.15) is 6.61 Å². The molecule has 0 atom stereocenters. The first kappa shape index (κ1) is 18.5. The number of carbonyl (C=O) groups is 2. The summed E-state index contributed by atoms with van der Waals surface area (Å²) in [6.07, 6.45) is 3.93. The van der Waals surface area contributed by atoms with E-state index >= 15 is 0 Å². The molecule has 5 heteroatoms. The van der Waals surface area contributed by atoms with Crippen LogP contribution in [-0.4, -0.2) is 25.2 Å². The minimum absolute atomic E-state index is 0.0726. The molecule has 2 aromatic carbocycles. The molecule has 0 radical (unpaired) electrons. The first-order chi connectivity index (χ1) is 13.6. The first-order valence-electron chi connectivity index (χ1n) is 9.99. The summed E-state index contributed by atoms with van der Waals surface area (Å²) in [6, 6.07) is 16.6. The van der Waals surface area contributed by atoms with E-state index in [-0.39, 0.29) is 17.2 Å². The summed E-state index contributed by atoms with van der Waals surface area (Å²) in [5.41, 5.74) is 10.0. The smallest absolute Gasteiger partial charge is 0.407 e. The van der Waals surface area contributed by atoms with Gasteiger partial charge in [0.2, 0.25) is 5.91 Å². The van der Waals surface area contributed by atoms with Crippen LogP contribution in [0.5, 0.6) is 0 Å². The van der Waals surface area contributed by atoms with Crippen LogP contribution < -0.4 is 11.1 Å². The number of nitrogens with two attached hydrogens (primary N) is 1. The molecule has 4 rings (SSSR count). The molecule has 0 bridgehead atoms. The fourth-order valence-electron chi connectivity index (χ4n) is 4.20. The molecule has 5 nitrogen and oxygen atoms in total. The average Bonchev–Trinajstić information content (AvgIpc) is 3.43. The minimum atomic E-state index is -0.391. The lowest BCUT2D eigenvalue weighted by Gasteiger charge is -2.15. The molecule has 2 aromatic rings. The Bertz CT molecular complexity index is 843. The highest BCUT2D eigenvalue weighted by Gasteiger charge is 2.47. The van der Waals surface area contributed by atoms with E-state index in [0.717, 1.165) is 32.1 Å². The van der Waals surface area contributed by atoms with E-state index in [0.29, 0.717) is 13.2 Å². The molecule has 2 amide bonds. The van der Waals surface area contributed by atoms with Crippen molar-refractivity contribution in [2.75, 3.05) is 13.2 Å². The molecule has 28 heavy (non-hydrogen) atoms. The third kappa shape index (κ3) is 3.61. The van der Waals surface area contributed by atoms with Crippen LogP contribution in [0.15, 0.2) is 48.5 Å². The zero-order valence-electron chi connectivity index (χ0n) is 15.9. The van der Waals surface area contributed by atoms with Crippen LogP contribution >= 0.6 is 0 Å². The standard InChI is InChI=1S/C23H26N2O3/c24-21(26)23(12-13-23)11-5-6-14-25-22(27)28-15-20-18-9-3-1-7-16(18)17-8-2-4-10-19(17)20/h1-4,7-10,20H,5-6,11-15H2,(H2,24,26)(H,25,27). The second kappa shape index (κ2) is 7.66. The number of unbranched alkanes of at least 4 members (excludes halogenated alkanes) is 1. The van der Waals surface area contributed by atoms with Gasteiger partial charge in [-0.25, -0.2) is 4.79 Å². The zero-order chi connectivity index (χ0) is 19.6. The van der Waals surface area contributed by atoms with Crippen molar-refractivity contribution < 1.29 is 14.3 Å². The van der Waals surface area contributed by atoms with Gasteiger partial charge < -0.3 is 15.8 Å². The van der Waals surface area contributed by atoms with E-state index in [2.05, 4.69) is 29.6 Å². The predicted molar refractivity (Wildman–Crippen MR) is 108 cm³/mol. The third-order valence-electron chi connectivity index (χ3n) is 6.07. The lowest BCUT2D eigenvalue weighted by molar-refractivity contribution is -0.123. The number of hydrogen-bond donors (Lipinski definition) is 2. The van der Waals surface area contributed by atoms with Crippen LogP contribution in [0, 0.1) is 5.41 Å². The highest BCUT2D eigenvalue weighted by molar-refractivity contribution is 5.83. The fourth-order valence-corrected chi connectivity index (χ4v) is 4.20. The van der Waals surface area contributed by atoms with Crippen molar-refractivity contribution in [2.45, 2.75) is 38.0 Å². The van der Waals surface area contributed by atoms with Crippen molar-refractivity contribution in [3.63, 3.8) is 0 Å². The summed E-state index contributed by atoms with van der Waals surface area (Å²) in [6.45, 7) is 0.871. The topological polar surface area (TPSA) is 81.4 Å². The number of alkyl carbamates (subject to hydrolysis) is 1. The average molecular weight is 378 g/mol. The second-order valence-corrected chi connectivity index (χ2v) is 7.85. The number of benzene rings is 2. The predicted octanol–water partition coefficient (Wildman–Crippen LogP) is 3.96. The van der Waals surface area contributed by atoms with E-state index in [1.165, 1.54) is 22.3 Å². The largest absolute Gasteiger partial charge is 0.449 e. The van der Waals surface area contributed by atoms with Gasteiger partial charge >= 0.3 is 6.09 Å². The number of fused-ring (bicyclic) bond motifs is 3. The number of primary amides is 1. The summed E-state index contributed by atoms with van der Waals surface area (Å²) in [5.74, 6) is -0.111. The molecule has 1 saturated carbocycles. The highest BCUT2D eigenvalue weighted by Crippen LogP contribution is 2.49. The van der Waals surface area contributed by atoms with Crippen molar-refractivity contribution in [3.8, 4) is 11.1 Å². The maximum absolute atomic E-state index is 12.1. The Labute approximate surface area is 165 Å². The lowest BCUT2D eigenvalue weighted by atomic mass is 9.98. The van der Waals surface area contributed by atoms with E-state index in [1.807, 2.05) is 24.3 Å². The summed E-state index contributed by atoms with van der Waals surface area (Å²) in [4.78, 5) is 23.5. The minimum Gasteiger partial charge on any atom is -0.449 e. The van der Waals surface area contributed by atoms with Crippen LogP contribution in [0.1, 0.15) is 49.1 Å². The van der Waals surface area contributed by atoms with Crippen LogP contribution in [0.25, 0.3) is 11.1 Å². The van der Waals surface area contributed by atoms with Gasteiger partial charge in [0.05, 0.1) is 0 Å². The summed E-state index contributed by atoms with van der Waals surface area (Å²) >= 11 is 0. The molecule has 0 aromatic heterocycles.